The topological polar surface area (TPSA) is 15.3 Å². The number of rotatable bonds is 4. The molecular formula is C17H28N2. The van der Waals surface area contributed by atoms with Gasteiger partial charge in [0.1, 0.15) is 0 Å². The molecule has 1 aromatic rings. The molecule has 0 bridgehead atoms. The van der Waals surface area contributed by atoms with E-state index in [0.717, 1.165) is 6.54 Å². The van der Waals surface area contributed by atoms with Crippen molar-refractivity contribution in [3.8, 4) is 0 Å². The average Bonchev–Trinajstić information content (AvgIpc) is 2.37. The molecule has 1 N–H and O–H groups in total. The first-order valence-electron chi connectivity index (χ1n) is 7.57. The smallest absolute Gasteiger partial charge is 0.0198 e. The highest BCUT2D eigenvalue weighted by Crippen LogP contribution is 2.20. The van der Waals surface area contributed by atoms with E-state index in [1.807, 2.05) is 0 Å². The van der Waals surface area contributed by atoms with Gasteiger partial charge in [-0.3, -0.25) is 0 Å². The van der Waals surface area contributed by atoms with Crippen LogP contribution in [0.2, 0.25) is 0 Å². The van der Waals surface area contributed by atoms with E-state index in [4.69, 9.17) is 0 Å². The van der Waals surface area contributed by atoms with Crippen molar-refractivity contribution in [2.24, 2.45) is 0 Å². The zero-order valence-corrected chi connectivity index (χ0v) is 12.9. The maximum atomic E-state index is 3.63. The number of hydrogen-bond donors (Lipinski definition) is 1. The summed E-state index contributed by atoms with van der Waals surface area (Å²) in [6.07, 6.45) is 2.44. The molecule has 1 atom stereocenters. The Bertz CT molecular complexity index is 412. The molecule has 1 aromatic carbocycles. The lowest BCUT2D eigenvalue weighted by Gasteiger charge is -2.31. The first kappa shape index (κ1) is 14.5. The van der Waals surface area contributed by atoms with Crippen LogP contribution in [0.15, 0.2) is 18.2 Å². The number of nitrogens with one attached hydrogen (secondary N) is 1. The van der Waals surface area contributed by atoms with E-state index < -0.39 is 0 Å². The fraction of sp³-hybridized carbons (Fsp3) is 0.647. The van der Waals surface area contributed by atoms with E-state index in [0.29, 0.717) is 12.0 Å². The SMILES string of the molecule is Cc1ccc(C(C)C)cc1CCC1CN(C)CCN1. The van der Waals surface area contributed by atoms with Crippen molar-refractivity contribution in [1.82, 2.24) is 10.2 Å². The number of piperazine rings is 1. The first-order valence-corrected chi connectivity index (χ1v) is 7.57. The van der Waals surface area contributed by atoms with E-state index >= 15 is 0 Å². The Morgan fingerprint density at radius 2 is 2.16 bits per heavy atom. The molecule has 1 saturated heterocycles. The van der Waals surface area contributed by atoms with Crippen LogP contribution < -0.4 is 5.32 Å². The molecule has 0 aliphatic carbocycles. The molecule has 2 heteroatoms. The molecule has 1 unspecified atom stereocenters. The molecule has 0 radical (unpaired) electrons. The molecule has 1 fully saturated rings. The van der Waals surface area contributed by atoms with Gasteiger partial charge in [0, 0.05) is 25.7 Å². The number of hydrogen-bond acceptors (Lipinski definition) is 2. The van der Waals surface area contributed by atoms with Crippen molar-refractivity contribution >= 4 is 0 Å². The number of benzene rings is 1. The second kappa shape index (κ2) is 6.53. The zero-order chi connectivity index (χ0) is 13.8. The summed E-state index contributed by atoms with van der Waals surface area (Å²) in [5, 5.41) is 3.63. The van der Waals surface area contributed by atoms with Crippen LogP contribution in [-0.4, -0.2) is 37.6 Å². The molecule has 19 heavy (non-hydrogen) atoms. The van der Waals surface area contributed by atoms with Crippen molar-refractivity contribution in [2.45, 2.75) is 45.6 Å². The molecule has 0 spiro atoms. The summed E-state index contributed by atoms with van der Waals surface area (Å²) in [7, 11) is 2.22. The van der Waals surface area contributed by atoms with Crippen LogP contribution in [0, 0.1) is 6.92 Å². The van der Waals surface area contributed by atoms with Crippen molar-refractivity contribution in [3.63, 3.8) is 0 Å². The minimum absolute atomic E-state index is 0.623. The Kier molecular flexibility index (Phi) is 5.00. The van der Waals surface area contributed by atoms with Gasteiger partial charge in [0.2, 0.25) is 0 Å². The third-order valence-corrected chi connectivity index (χ3v) is 4.26. The van der Waals surface area contributed by atoms with Gasteiger partial charge in [0.25, 0.3) is 0 Å². The lowest BCUT2D eigenvalue weighted by Crippen LogP contribution is -2.49. The van der Waals surface area contributed by atoms with Gasteiger partial charge in [-0.1, -0.05) is 32.0 Å². The van der Waals surface area contributed by atoms with E-state index in [2.05, 4.69) is 56.2 Å². The maximum Gasteiger partial charge on any atom is 0.0198 e. The molecule has 0 saturated carbocycles. The van der Waals surface area contributed by atoms with Crippen LogP contribution in [0.5, 0.6) is 0 Å². The minimum Gasteiger partial charge on any atom is -0.311 e. The second-order valence-corrected chi connectivity index (χ2v) is 6.29. The zero-order valence-electron chi connectivity index (χ0n) is 12.9. The summed E-state index contributed by atoms with van der Waals surface area (Å²) >= 11 is 0. The molecule has 0 aromatic heterocycles. The van der Waals surface area contributed by atoms with E-state index in [-0.39, 0.29) is 0 Å². The largest absolute Gasteiger partial charge is 0.311 e. The molecule has 2 rings (SSSR count). The monoisotopic (exact) mass is 260 g/mol. The highest BCUT2D eigenvalue weighted by atomic mass is 15.2. The third kappa shape index (κ3) is 4.05. The third-order valence-electron chi connectivity index (χ3n) is 4.26. The summed E-state index contributed by atoms with van der Waals surface area (Å²) in [4.78, 5) is 2.43. The van der Waals surface area contributed by atoms with E-state index in [1.54, 1.807) is 0 Å². The average molecular weight is 260 g/mol. The van der Waals surface area contributed by atoms with Crippen molar-refractivity contribution < 1.29 is 0 Å². The van der Waals surface area contributed by atoms with Gasteiger partial charge in [-0.15, -0.1) is 0 Å². The molecular weight excluding hydrogens is 232 g/mol. The summed E-state index contributed by atoms with van der Waals surface area (Å²) in [5.41, 5.74) is 4.43. The van der Waals surface area contributed by atoms with Crippen LogP contribution in [0.3, 0.4) is 0 Å². The molecule has 1 aliphatic rings. The Morgan fingerprint density at radius 3 is 2.84 bits per heavy atom. The highest BCUT2D eigenvalue weighted by molar-refractivity contribution is 5.32. The Balaban J connectivity index is 1.96. The predicted octanol–water partition coefficient (Wildman–Crippen LogP) is 2.95. The van der Waals surface area contributed by atoms with Gasteiger partial charge in [-0.2, -0.15) is 0 Å². The summed E-state index contributed by atoms with van der Waals surface area (Å²) < 4.78 is 0. The normalized spacial score (nSPS) is 21.0. The predicted molar refractivity (Wildman–Crippen MR) is 82.9 cm³/mol. The van der Waals surface area contributed by atoms with Gasteiger partial charge in [0.15, 0.2) is 0 Å². The second-order valence-electron chi connectivity index (χ2n) is 6.29. The Labute approximate surface area is 118 Å². The summed E-state index contributed by atoms with van der Waals surface area (Å²) in [5.74, 6) is 0.623. The van der Waals surface area contributed by atoms with E-state index in [1.165, 1.54) is 42.6 Å². The van der Waals surface area contributed by atoms with Crippen molar-refractivity contribution in [1.29, 1.82) is 0 Å². The lowest BCUT2D eigenvalue weighted by molar-refractivity contribution is 0.232. The van der Waals surface area contributed by atoms with E-state index in [9.17, 15) is 0 Å². The number of aryl methyl sites for hydroxylation is 2. The highest BCUT2D eigenvalue weighted by Gasteiger charge is 2.16. The van der Waals surface area contributed by atoms with Crippen LogP contribution in [0.25, 0.3) is 0 Å². The van der Waals surface area contributed by atoms with Gasteiger partial charge < -0.3 is 10.2 Å². The molecule has 0 amide bonds. The van der Waals surface area contributed by atoms with Gasteiger partial charge in [-0.25, -0.2) is 0 Å². The van der Waals surface area contributed by atoms with Gasteiger partial charge in [-0.05, 0) is 49.4 Å². The van der Waals surface area contributed by atoms with Gasteiger partial charge >= 0.3 is 0 Å². The van der Waals surface area contributed by atoms with Crippen molar-refractivity contribution in [2.75, 3.05) is 26.7 Å². The molecule has 1 heterocycles. The first-order chi connectivity index (χ1) is 9.06. The standard InChI is InChI=1S/C17H28N2/c1-13(2)15-6-5-14(3)16(11-15)7-8-17-12-19(4)10-9-18-17/h5-6,11,13,17-18H,7-10,12H2,1-4H3. The number of nitrogens with zero attached hydrogens (tertiary/aromatic N) is 1. The van der Waals surface area contributed by atoms with Crippen LogP contribution in [0.1, 0.15) is 42.9 Å². The Hall–Kier alpha value is -0.860. The van der Waals surface area contributed by atoms with Crippen LogP contribution in [-0.2, 0) is 6.42 Å². The minimum atomic E-state index is 0.623. The fourth-order valence-electron chi connectivity index (χ4n) is 2.83. The summed E-state index contributed by atoms with van der Waals surface area (Å²) in [6.45, 7) is 10.3. The molecule has 1 aliphatic heterocycles. The quantitative estimate of drug-likeness (QED) is 0.895. The molecule has 2 nitrogen and oxygen atoms in total. The lowest BCUT2D eigenvalue weighted by atomic mass is 9.94. The van der Waals surface area contributed by atoms with Crippen LogP contribution >= 0.6 is 0 Å². The van der Waals surface area contributed by atoms with Gasteiger partial charge in [0.05, 0.1) is 0 Å². The fourth-order valence-corrected chi connectivity index (χ4v) is 2.83. The summed E-state index contributed by atoms with van der Waals surface area (Å²) in [6, 6.07) is 7.62. The van der Waals surface area contributed by atoms with Crippen molar-refractivity contribution in [3.05, 3.63) is 34.9 Å². The Morgan fingerprint density at radius 1 is 1.37 bits per heavy atom. The number of likely N-dealkylation sites (N-methyl/N-ethyl adjacent to an activating group) is 1. The van der Waals surface area contributed by atoms with Crippen LogP contribution in [0.4, 0.5) is 0 Å². The molecule has 106 valence electrons. The maximum absolute atomic E-state index is 3.63.